The molecule has 0 saturated heterocycles. The number of carbonyl (C=O) groups is 1. The van der Waals surface area contributed by atoms with Crippen molar-refractivity contribution in [2.45, 2.75) is 6.92 Å². The SMILES string of the molecule is Cc1cccc(C(=O)N(/N=C/c2coc3ccccc3c2=O)c2nc3ccc(F)cc3s2)c1. The number of thiazole rings is 1. The van der Waals surface area contributed by atoms with Crippen molar-refractivity contribution in [1.29, 1.82) is 0 Å². The van der Waals surface area contributed by atoms with Gasteiger partial charge in [-0.2, -0.15) is 10.1 Å². The van der Waals surface area contributed by atoms with Crippen molar-refractivity contribution in [3.63, 3.8) is 0 Å². The summed E-state index contributed by atoms with van der Waals surface area (Å²) in [5.41, 5.74) is 2.23. The molecule has 0 radical (unpaired) electrons. The number of aromatic nitrogens is 1. The van der Waals surface area contributed by atoms with Crippen LogP contribution in [0.25, 0.3) is 21.2 Å². The zero-order valence-corrected chi connectivity index (χ0v) is 18.2. The number of carbonyl (C=O) groups excluding carboxylic acids is 1. The van der Waals surface area contributed by atoms with Crippen LogP contribution in [0, 0.1) is 12.7 Å². The zero-order chi connectivity index (χ0) is 22.9. The van der Waals surface area contributed by atoms with Crippen molar-refractivity contribution >= 4 is 49.8 Å². The van der Waals surface area contributed by atoms with Crippen molar-refractivity contribution in [2.75, 3.05) is 5.01 Å². The van der Waals surface area contributed by atoms with Gasteiger partial charge in [-0.15, -0.1) is 0 Å². The molecule has 33 heavy (non-hydrogen) atoms. The van der Waals surface area contributed by atoms with Crippen LogP contribution in [0.15, 0.2) is 87.3 Å². The first-order valence-corrected chi connectivity index (χ1v) is 10.8. The van der Waals surface area contributed by atoms with Crippen molar-refractivity contribution in [2.24, 2.45) is 5.10 Å². The van der Waals surface area contributed by atoms with E-state index in [-0.39, 0.29) is 16.1 Å². The summed E-state index contributed by atoms with van der Waals surface area (Å²) in [5.74, 6) is -0.828. The van der Waals surface area contributed by atoms with Gasteiger partial charge in [0, 0.05) is 5.56 Å². The van der Waals surface area contributed by atoms with E-state index in [4.69, 9.17) is 4.42 Å². The molecule has 0 atom stereocenters. The van der Waals surface area contributed by atoms with E-state index in [0.29, 0.717) is 26.7 Å². The number of anilines is 1. The maximum Gasteiger partial charge on any atom is 0.280 e. The lowest BCUT2D eigenvalue weighted by atomic mass is 10.1. The Labute approximate surface area is 191 Å². The van der Waals surface area contributed by atoms with Gasteiger partial charge in [0.2, 0.25) is 10.6 Å². The molecule has 2 heterocycles. The number of halogens is 1. The number of para-hydroxylation sites is 1. The summed E-state index contributed by atoms with van der Waals surface area (Å²) in [4.78, 5) is 30.6. The number of aryl methyl sites for hydroxylation is 1. The highest BCUT2D eigenvalue weighted by Gasteiger charge is 2.21. The van der Waals surface area contributed by atoms with Gasteiger partial charge in [-0.3, -0.25) is 9.59 Å². The van der Waals surface area contributed by atoms with Crippen LogP contribution in [0.3, 0.4) is 0 Å². The standard InChI is InChI=1S/C25H16FN3O3S/c1-15-5-4-6-16(11-15)24(31)29(25-28-20-10-9-18(26)12-22(20)33-25)27-13-17-14-32-21-8-3-2-7-19(21)23(17)30/h2-14H,1H3/b27-13+. The van der Waals surface area contributed by atoms with Crippen LogP contribution in [0.4, 0.5) is 9.52 Å². The van der Waals surface area contributed by atoms with E-state index in [9.17, 15) is 14.0 Å². The quantitative estimate of drug-likeness (QED) is 0.263. The molecule has 2 aromatic heterocycles. The second-order valence-electron chi connectivity index (χ2n) is 7.36. The third kappa shape index (κ3) is 4.04. The van der Waals surface area contributed by atoms with Gasteiger partial charge < -0.3 is 4.42 Å². The van der Waals surface area contributed by atoms with Crippen LogP contribution in [0.2, 0.25) is 0 Å². The van der Waals surface area contributed by atoms with E-state index in [0.717, 1.165) is 21.9 Å². The fraction of sp³-hybridized carbons (Fsp3) is 0.0400. The molecule has 5 aromatic rings. The molecule has 8 heteroatoms. The lowest BCUT2D eigenvalue weighted by Gasteiger charge is -2.14. The second-order valence-corrected chi connectivity index (χ2v) is 8.36. The Hall–Kier alpha value is -4.17. The zero-order valence-electron chi connectivity index (χ0n) is 17.4. The van der Waals surface area contributed by atoms with Crippen molar-refractivity contribution in [3.05, 3.63) is 106 Å². The summed E-state index contributed by atoms with van der Waals surface area (Å²) >= 11 is 1.13. The molecule has 0 spiro atoms. The van der Waals surface area contributed by atoms with Gasteiger partial charge in [-0.1, -0.05) is 41.2 Å². The monoisotopic (exact) mass is 457 g/mol. The fourth-order valence-electron chi connectivity index (χ4n) is 3.37. The first-order chi connectivity index (χ1) is 16.0. The molecule has 0 unspecified atom stereocenters. The molecule has 5 rings (SSSR count). The molecular formula is C25H16FN3O3S. The predicted molar refractivity (Wildman–Crippen MR) is 128 cm³/mol. The summed E-state index contributed by atoms with van der Waals surface area (Å²) in [6.45, 7) is 1.88. The lowest BCUT2D eigenvalue weighted by Crippen LogP contribution is -2.26. The van der Waals surface area contributed by atoms with Crippen LogP contribution >= 0.6 is 11.3 Å². The number of fused-ring (bicyclic) bond motifs is 2. The van der Waals surface area contributed by atoms with Gasteiger partial charge in [0.15, 0.2) is 0 Å². The van der Waals surface area contributed by atoms with Gasteiger partial charge in [0.1, 0.15) is 17.7 Å². The lowest BCUT2D eigenvalue weighted by molar-refractivity contribution is 0.0987. The molecule has 0 aliphatic rings. The molecule has 162 valence electrons. The van der Waals surface area contributed by atoms with E-state index >= 15 is 0 Å². The van der Waals surface area contributed by atoms with E-state index < -0.39 is 11.7 Å². The Morgan fingerprint density at radius 2 is 1.97 bits per heavy atom. The van der Waals surface area contributed by atoms with Gasteiger partial charge in [-0.25, -0.2) is 9.37 Å². The summed E-state index contributed by atoms with van der Waals surface area (Å²) in [7, 11) is 0. The van der Waals surface area contributed by atoms with E-state index in [2.05, 4.69) is 10.1 Å². The average Bonchev–Trinajstić information content (AvgIpc) is 3.23. The first-order valence-electron chi connectivity index (χ1n) is 10.0. The molecule has 0 N–H and O–H groups in total. The molecule has 6 nitrogen and oxygen atoms in total. The molecule has 3 aromatic carbocycles. The van der Waals surface area contributed by atoms with Crippen LogP contribution in [-0.2, 0) is 0 Å². The predicted octanol–water partition coefficient (Wildman–Crippen LogP) is 5.53. The molecule has 0 fully saturated rings. The summed E-state index contributed by atoms with van der Waals surface area (Å²) < 4.78 is 19.8. The Balaban J connectivity index is 1.61. The van der Waals surface area contributed by atoms with Crippen LogP contribution in [-0.4, -0.2) is 17.1 Å². The molecule has 0 aliphatic heterocycles. The third-order valence-electron chi connectivity index (χ3n) is 5.00. The third-order valence-corrected chi connectivity index (χ3v) is 5.99. The Kier molecular flexibility index (Phi) is 5.27. The average molecular weight is 457 g/mol. The van der Waals surface area contributed by atoms with Crippen molar-refractivity contribution in [3.8, 4) is 0 Å². The number of amides is 1. The van der Waals surface area contributed by atoms with Crippen LogP contribution in [0.5, 0.6) is 0 Å². The van der Waals surface area contributed by atoms with Crippen molar-refractivity contribution < 1.29 is 13.6 Å². The summed E-state index contributed by atoms with van der Waals surface area (Å²) in [6.07, 6.45) is 2.58. The smallest absolute Gasteiger partial charge is 0.280 e. The largest absolute Gasteiger partial charge is 0.463 e. The molecule has 0 bridgehead atoms. The minimum absolute atomic E-state index is 0.183. The second kappa shape index (κ2) is 8.40. The van der Waals surface area contributed by atoms with Gasteiger partial charge >= 0.3 is 0 Å². The Morgan fingerprint density at radius 3 is 2.82 bits per heavy atom. The van der Waals surface area contributed by atoms with Gasteiger partial charge in [0.25, 0.3) is 5.91 Å². The molecule has 0 saturated carbocycles. The van der Waals surface area contributed by atoms with Crippen LogP contribution < -0.4 is 10.4 Å². The fourth-order valence-corrected chi connectivity index (χ4v) is 4.31. The topological polar surface area (TPSA) is 75.8 Å². The number of hydrazone groups is 1. The van der Waals surface area contributed by atoms with Gasteiger partial charge in [0.05, 0.1) is 27.4 Å². The highest BCUT2D eigenvalue weighted by Crippen LogP contribution is 2.30. The highest BCUT2D eigenvalue weighted by molar-refractivity contribution is 7.22. The van der Waals surface area contributed by atoms with E-state index in [1.54, 1.807) is 48.5 Å². The first kappa shape index (κ1) is 20.7. The normalized spacial score (nSPS) is 11.5. The number of rotatable bonds is 4. The maximum atomic E-state index is 13.7. The van der Waals surface area contributed by atoms with Crippen molar-refractivity contribution in [1.82, 2.24) is 4.98 Å². The summed E-state index contributed by atoms with van der Waals surface area (Å²) in [6, 6.07) is 18.2. The van der Waals surface area contributed by atoms with E-state index in [1.165, 1.54) is 24.6 Å². The minimum atomic E-state index is -0.431. The molecule has 0 aliphatic carbocycles. The Morgan fingerprint density at radius 1 is 1.12 bits per heavy atom. The van der Waals surface area contributed by atoms with Crippen LogP contribution in [0.1, 0.15) is 21.5 Å². The molecular weight excluding hydrogens is 441 g/mol. The summed E-state index contributed by atoms with van der Waals surface area (Å²) in [5, 5.41) is 6.09. The van der Waals surface area contributed by atoms with Gasteiger partial charge in [-0.05, 0) is 49.4 Å². The number of hydrogen-bond acceptors (Lipinski definition) is 6. The Bertz CT molecular complexity index is 1610. The molecule has 1 amide bonds. The number of benzene rings is 3. The van der Waals surface area contributed by atoms with E-state index in [1.807, 2.05) is 13.0 Å². The highest BCUT2D eigenvalue weighted by atomic mass is 32.1. The number of nitrogens with zero attached hydrogens (tertiary/aromatic N) is 3. The minimum Gasteiger partial charge on any atom is -0.463 e. The maximum absolute atomic E-state index is 13.7. The number of hydrogen-bond donors (Lipinski definition) is 0.